The summed E-state index contributed by atoms with van der Waals surface area (Å²) in [6.07, 6.45) is 0.707. The van der Waals surface area contributed by atoms with E-state index in [1.807, 2.05) is 26.0 Å². The summed E-state index contributed by atoms with van der Waals surface area (Å²) < 4.78 is 35.2. The van der Waals surface area contributed by atoms with Crippen LogP contribution < -0.4 is 5.30 Å². The second kappa shape index (κ2) is 13.3. The van der Waals surface area contributed by atoms with Gasteiger partial charge in [0.1, 0.15) is 0 Å². The summed E-state index contributed by atoms with van der Waals surface area (Å²) in [6.45, 7) is 14.6. The lowest BCUT2D eigenvalue weighted by atomic mass is 10.0. The number of esters is 2. The van der Waals surface area contributed by atoms with E-state index in [9.17, 15) is 14.2 Å². The molecule has 1 rings (SSSR count). The molecule has 172 valence electrons. The van der Waals surface area contributed by atoms with Crippen LogP contribution in [0.3, 0.4) is 0 Å². The van der Waals surface area contributed by atoms with Crippen molar-refractivity contribution in [1.82, 2.24) is 0 Å². The van der Waals surface area contributed by atoms with Crippen LogP contribution in [0.4, 0.5) is 0 Å². The van der Waals surface area contributed by atoms with E-state index >= 15 is 0 Å². The van der Waals surface area contributed by atoms with Gasteiger partial charge in [-0.25, -0.2) is 9.59 Å². The Morgan fingerprint density at radius 1 is 0.871 bits per heavy atom. The van der Waals surface area contributed by atoms with Gasteiger partial charge in [0.05, 0.1) is 31.7 Å². The Hall–Kier alpha value is -2.21. The molecule has 0 amide bonds. The summed E-state index contributed by atoms with van der Waals surface area (Å²) in [7, 11) is -3.65. The van der Waals surface area contributed by atoms with Crippen LogP contribution in [-0.2, 0) is 32.7 Å². The third kappa shape index (κ3) is 9.21. The van der Waals surface area contributed by atoms with E-state index in [2.05, 4.69) is 13.2 Å². The van der Waals surface area contributed by atoms with Crippen molar-refractivity contribution in [3.8, 4) is 0 Å². The summed E-state index contributed by atoms with van der Waals surface area (Å²) in [5, 5.41) is 0.503. The smallest absolute Gasteiger partial charge is 0.361 e. The summed E-state index contributed by atoms with van der Waals surface area (Å²) in [5.41, 5.74) is 1.49. The standard InChI is InChI=1S/C23H33O7P/c1-17(2)20-11-7-8-12-21(20)31(26,29-15-9-13-27-22(24)18(3)4)30-16-10-14-28-23(25)19(5)6/h7-8,11-12,17H,3,5,9-10,13-16H2,1-2,4,6H3. The molecule has 0 unspecified atom stereocenters. The molecule has 0 bridgehead atoms. The summed E-state index contributed by atoms with van der Waals surface area (Å²) in [5.74, 6) is -0.840. The third-order valence-corrected chi connectivity index (χ3v) is 6.16. The number of hydrogen-bond donors (Lipinski definition) is 0. The molecule has 0 atom stereocenters. The van der Waals surface area contributed by atoms with Crippen LogP contribution in [-0.4, -0.2) is 38.4 Å². The molecule has 0 aliphatic carbocycles. The van der Waals surface area contributed by atoms with Crippen LogP contribution in [0.2, 0.25) is 0 Å². The molecule has 1 aromatic carbocycles. The van der Waals surface area contributed by atoms with Gasteiger partial charge in [-0.05, 0) is 31.4 Å². The van der Waals surface area contributed by atoms with Gasteiger partial charge >= 0.3 is 19.5 Å². The first-order valence-electron chi connectivity index (χ1n) is 10.2. The first kappa shape index (κ1) is 26.8. The lowest BCUT2D eigenvalue weighted by molar-refractivity contribution is -0.140. The van der Waals surface area contributed by atoms with Crippen LogP contribution in [0.1, 0.15) is 52.0 Å². The average molecular weight is 452 g/mol. The van der Waals surface area contributed by atoms with Gasteiger partial charge in [-0.3, -0.25) is 4.57 Å². The SMILES string of the molecule is C=C(C)C(=O)OCCCOP(=O)(OCCCOC(=O)C(=C)C)c1ccccc1C(C)C. The molecule has 0 spiro atoms. The lowest BCUT2D eigenvalue weighted by Crippen LogP contribution is -2.18. The van der Waals surface area contributed by atoms with Crippen molar-refractivity contribution in [1.29, 1.82) is 0 Å². The highest BCUT2D eigenvalue weighted by atomic mass is 31.2. The minimum Gasteiger partial charge on any atom is -0.462 e. The van der Waals surface area contributed by atoms with Gasteiger partial charge in [0, 0.05) is 24.0 Å². The zero-order valence-corrected chi connectivity index (χ0v) is 19.7. The van der Waals surface area contributed by atoms with Crippen LogP contribution in [0.5, 0.6) is 0 Å². The van der Waals surface area contributed by atoms with Gasteiger partial charge in [0.25, 0.3) is 0 Å². The first-order valence-corrected chi connectivity index (χ1v) is 11.8. The minimum absolute atomic E-state index is 0.0812. The van der Waals surface area contributed by atoms with Crippen molar-refractivity contribution >= 4 is 24.8 Å². The highest BCUT2D eigenvalue weighted by Gasteiger charge is 2.31. The molecule has 0 aromatic heterocycles. The van der Waals surface area contributed by atoms with Gasteiger partial charge in [-0.2, -0.15) is 0 Å². The normalized spacial score (nSPS) is 11.3. The van der Waals surface area contributed by atoms with Crippen molar-refractivity contribution < 1.29 is 32.7 Å². The number of carbonyl (C=O) groups is 2. The van der Waals surface area contributed by atoms with Gasteiger partial charge in [0.2, 0.25) is 0 Å². The lowest BCUT2D eigenvalue weighted by Gasteiger charge is -2.22. The minimum atomic E-state index is -3.65. The van der Waals surface area contributed by atoms with Crippen LogP contribution in [0, 0.1) is 0 Å². The number of benzene rings is 1. The summed E-state index contributed by atoms with van der Waals surface area (Å²) >= 11 is 0. The highest BCUT2D eigenvalue weighted by Crippen LogP contribution is 2.49. The molecule has 31 heavy (non-hydrogen) atoms. The largest absolute Gasteiger partial charge is 0.462 e. The molecular weight excluding hydrogens is 419 g/mol. The quantitative estimate of drug-likeness (QED) is 0.175. The van der Waals surface area contributed by atoms with E-state index in [1.54, 1.807) is 26.0 Å². The molecule has 0 aliphatic heterocycles. The Balaban J connectivity index is 2.77. The van der Waals surface area contributed by atoms with Crippen LogP contribution in [0.25, 0.3) is 0 Å². The molecule has 0 radical (unpaired) electrons. The molecule has 0 N–H and O–H groups in total. The van der Waals surface area contributed by atoms with E-state index in [0.717, 1.165) is 5.56 Å². The molecular formula is C23H33O7P. The third-order valence-electron chi connectivity index (χ3n) is 4.12. The molecule has 1 aromatic rings. The Morgan fingerprint density at radius 3 is 1.74 bits per heavy atom. The van der Waals surface area contributed by atoms with Crippen LogP contribution >= 0.6 is 7.60 Å². The van der Waals surface area contributed by atoms with Crippen molar-refractivity contribution in [2.45, 2.75) is 46.5 Å². The molecule has 0 saturated carbocycles. The molecule has 0 saturated heterocycles. The molecule has 0 heterocycles. The van der Waals surface area contributed by atoms with E-state index in [1.165, 1.54) is 0 Å². The maximum Gasteiger partial charge on any atom is 0.361 e. The van der Waals surface area contributed by atoms with Crippen molar-refractivity contribution in [2.24, 2.45) is 0 Å². The fourth-order valence-electron chi connectivity index (χ4n) is 2.46. The van der Waals surface area contributed by atoms with Crippen molar-refractivity contribution in [3.63, 3.8) is 0 Å². The Morgan fingerprint density at radius 2 is 1.32 bits per heavy atom. The Kier molecular flexibility index (Phi) is 11.5. The van der Waals surface area contributed by atoms with E-state index in [-0.39, 0.29) is 32.3 Å². The summed E-state index contributed by atoms with van der Waals surface area (Å²) in [6, 6.07) is 7.28. The topological polar surface area (TPSA) is 88.1 Å². The van der Waals surface area contributed by atoms with Crippen molar-refractivity contribution in [3.05, 3.63) is 54.1 Å². The number of rotatable bonds is 14. The number of ether oxygens (including phenoxy) is 2. The summed E-state index contributed by atoms with van der Waals surface area (Å²) in [4.78, 5) is 22.9. The monoisotopic (exact) mass is 452 g/mol. The van der Waals surface area contributed by atoms with E-state index in [4.69, 9.17) is 18.5 Å². The second-order valence-corrected chi connectivity index (χ2v) is 9.41. The van der Waals surface area contributed by atoms with E-state index < -0.39 is 19.5 Å². The molecule has 0 aliphatic rings. The maximum absolute atomic E-state index is 13.7. The second-order valence-electron chi connectivity index (χ2n) is 7.42. The Labute approximate surface area is 184 Å². The number of carbonyl (C=O) groups excluding carboxylic acids is 2. The fraction of sp³-hybridized carbons (Fsp3) is 0.478. The molecule has 7 nitrogen and oxygen atoms in total. The Bertz CT molecular complexity index is 789. The predicted octanol–water partition coefficient (Wildman–Crippen LogP) is 4.68. The highest BCUT2D eigenvalue weighted by molar-refractivity contribution is 7.62. The zero-order valence-electron chi connectivity index (χ0n) is 18.8. The first-order chi connectivity index (χ1) is 14.6. The predicted molar refractivity (Wildman–Crippen MR) is 120 cm³/mol. The van der Waals surface area contributed by atoms with Gasteiger partial charge in [-0.1, -0.05) is 45.2 Å². The van der Waals surface area contributed by atoms with Crippen molar-refractivity contribution in [2.75, 3.05) is 26.4 Å². The zero-order chi connectivity index (χ0) is 23.4. The average Bonchev–Trinajstić information content (AvgIpc) is 2.72. The number of hydrogen-bond acceptors (Lipinski definition) is 7. The fourth-order valence-corrected chi connectivity index (χ4v) is 4.47. The molecule has 0 fully saturated rings. The molecule has 8 heteroatoms. The van der Waals surface area contributed by atoms with E-state index in [0.29, 0.717) is 29.3 Å². The van der Waals surface area contributed by atoms with Gasteiger partial charge in [-0.15, -0.1) is 0 Å². The van der Waals surface area contributed by atoms with Gasteiger partial charge < -0.3 is 18.5 Å². The maximum atomic E-state index is 13.7. The van der Waals surface area contributed by atoms with Gasteiger partial charge in [0.15, 0.2) is 0 Å². The van der Waals surface area contributed by atoms with Crippen LogP contribution in [0.15, 0.2) is 48.6 Å².